The minimum Gasteiger partial charge on any atom is -0.396 e. The lowest BCUT2D eigenvalue weighted by atomic mass is 10.00. The molecular formula is C13H21N3O4. The second kappa shape index (κ2) is 6.32. The van der Waals surface area contributed by atoms with Crippen LogP contribution in [0.15, 0.2) is 5.10 Å². The molecule has 7 heteroatoms. The topological polar surface area (TPSA) is 93.4 Å². The van der Waals surface area contributed by atoms with Crippen LogP contribution in [0.4, 0.5) is 0 Å². The maximum Gasteiger partial charge on any atom is 0.270 e. The molecule has 7 nitrogen and oxygen atoms in total. The van der Waals surface area contributed by atoms with Crippen LogP contribution in [0.5, 0.6) is 0 Å². The van der Waals surface area contributed by atoms with Crippen LogP contribution >= 0.6 is 0 Å². The molecule has 0 aliphatic carbocycles. The molecule has 0 unspecified atom stereocenters. The molecule has 0 aromatic rings. The van der Waals surface area contributed by atoms with E-state index in [4.69, 9.17) is 5.11 Å². The smallest absolute Gasteiger partial charge is 0.270 e. The summed E-state index contributed by atoms with van der Waals surface area (Å²) >= 11 is 0. The number of amides is 2. The molecule has 1 saturated heterocycles. The van der Waals surface area contributed by atoms with Crippen LogP contribution in [0.2, 0.25) is 0 Å². The van der Waals surface area contributed by atoms with Crippen molar-refractivity contribution in [2.24, 2.45) is 16.9 Å². The molecule has 2 N–H and O–H groups in total. The normalized spacial score (nSPS) is 26.9. The summed E-state index contributed by atoms with van der Waals surface area (Å²) in [6.45, 7) is 3.17. The highest BCUT2D eigenvalue weighted by atomic mass is 16.3. The Labute approximate surface area is 117 Å². The van der Waals surface area contributed by atoms with E-state index in [9.17, 15) is 14.7 Å². The summed E-state index contributed by atoms with van der Waals surface area (Å²) in [5.74, 6) is 0.0449. The Balaban J connectivity index is 2.06. The third-order valence-electron chi connectivity index (χ3n) is 3.95. The van der Waals surface area contributed by atoms with Gasteiger partial charge in [0.2, 0.25) is 5.91 Å². The van der Waals surface area contributed by atoms with Crippen molar-refractivity contribution in [2.75, 3.05) is 32.8 Å². The second-order valence-corrected chi connectivity index (χ2v) is 5.42. The number of carbonyl (C=O) groups excluding carboxylic acids is 2. The van der Waals surface area contributed by atoms with Crippen LogP contribution in [0, 0.1) is 11.8 Å². The van der Waals surface area contributed by atoms with Crippen molar-refractivity contribution in [1.29, 1.82) is 0 Å². The van der Waals surface area contributed by atoms with Crippen LogP contribution in [0.1, 0.15) is 19.8 Å². The first kappa shape index (κ1) is 14.9. The van der Waals surface area contributed by atoms with E-state index in [0.29, 0.717) is 25.2 Å². The van der Waals surface area contributed by atoms with Crippen molar-refractivity contribution >= 4 is 17.5 Å². The number of likely N-dealkylation sites (tertiary alicyclic amines) is 1. The number of rotatable bonds is 4. The Morgan fingerprint density at radius 3 is 2.70 bits per heavy atom. The molecule has 2 heterocycles. The van der Waals surface area contributed by atoms with Crippen LogP contribution in [0.25, 0.3) is 0 Å². The van der Waals surface area contributed by atoms with Gasteiger partial charge < -0.3 is 15.1 Å². The van der Waals surface area contributed by atoms with E-state index >= 15 is 0 Å². The molecule has 0 bridgehead atoms. The number of β-amino-alcohol motifs (C(OH)–C–C–N with tert-alkyl or cyclic N) is 1. The molecule has 20 heavy (non-hydrogen) atoms. The van der Waals surface area contributed by atoms with Crippen molar-refractivity contribution in [1.82, 2.24) is 9.91 Å². The van der Waals surface area contributed by atoms with E-state index in [0.717, 1.165) is 0 Å². The summed E-state index contributed by atoms with van der Waals surface area (Å²) < 4.78 is 0. The van der Waals surface area contributed by atoms with Crippen molar-refractivity contribution in [2.45, 2.75) is 19.8 Å². The first-order valence-electron chi connectivity index (χ1n) is 6.95. The van der Waals surface area contributed by atoms with Gasteiger partial charge >= 0.3 is 0 Å². The molecular weight excluding hydrogens is 262 g/mol. The SMILES string of the molecule is C[C@@H]1CN(C(=O)C2=NN(CCO)C(=O)CC2)C[C@H]1CO. The van der Waals surface area contributed by atoms with E-state index in [1.165, 1.54) is 5.01 Å². The van der Waals surface area contributed by atoms with Gasteiger partial charge in [-0.3, -0.25) is 9.59 Å². The summed E-state index contributed by atoms with van der Waals surface area (Å²) in [4.78, 5) is 25.6. The van der Waals surface area contributed by atoms with Crippen LogP contribution in [0.3, 0.4) is 0 Å². The van der Waals surface area contributed by atoms with E-state index in [1.54, 1.807) is 4.90 Å². The maximum absolute atomic E-state index is 12.4. The lowest BCUT2D eigenvalue weighted by Gasteiger charge is -2.24. The first-order chi connectivity index (χ1) is 9.56. The molecule has 0 saturated carbocycles. The highest BCUT2D eigenvalue weighted by molar-refractivity contribution is 6.39. The Kier molecular flexibility index (Phi) is 4.72. The van der Waals surface area contributed by atoms with Crippen molar-refractivity contribution < 1.29 is 19.8 Å². The zero-order valence-electron chi connectivity index (χ0n) is 11.7. The molecule has 2 aliphatic rings. The highest BCUT2D eigenvalue weighted by Crippen LogP contribution is 2.23. The number of hydrazone groups is 1. The molecule has 0 aromatic heterocycles. The van der Waals surface area contributed by atoms with Gasteiger partial charge in [0, 0.05) is 38.5 Å². The zero-order chi connectivity index (χ0) is 14.7. The second-order valence-electron chi connectivity index (χ2n) is 5.42. The monoisotopic (exact) mass is 283 g/mol. The van der Waals surface area contributed by atoms with Gasteiger partial charge in [-0.1, -0.05) is 6.92 Å². The minimum absolute atomic E-state index is 0.0759. The molecule has 2 rings (SSSR count). The number of carbonyl (C=O) groups is 2. The molecule has 112 valence electrons. The Bertz CT molecular complexity index is 424. The molecule has 2 amide bonds. The van der Waals surface area contributed by atoms with E-state index in [2.05, 4.69) is 5.10 Å². The fraction of sp³-hybridized carbons (Fsp3) is 0.769. The summed E-state index contributed by atoms with van der Waals surface area (Å²) in [6, 6.07) is 0. The van der Waals surface area contributed by atoms with E-state index in [-0.39, 0.29) is 49.8 Å². The number of hydrogen-bond acceptors (Lipinski definition) is 5. The average molecular weight is 283 g/mol. The van der Waals surface area contributed by atoms with Gasteiger partial charge in [0.25, 0.3) is 5.91 Å². The highest BCUT2D eigenvalue weighted by Gasteiger charge is 2.35. The fourth-order valence-electron chi connectivity index (χ4n) is 2.65. The Morgan fingerprint density at radius 1 is 1.35 bits per heavy atom. The predicted molar refractivity (Wildman–Crippen MR) is 71.8 cm³/mol. The van der Waals surface area contributed by atoms with Gasteiger partial charge in [-0.2, -0.15) is 5.10 Å². The Morgan fingerprint density at radius 2 is 2.10 bits per heavy atom. The summed E-state index contributed by atoms with van der Waals surface area (Å²) in [7, 11) is 0. The van der Waals surface area contributed by atoms with Crippen LogP contribution in [-0.4, -0.2) is 70.5 Å². The predicted octanol–water partition coefficient (Wildman–Crippen LogP) is -0.956. The summed E-state index contributed by atoms with van der Waals surface area (Å²) in [6.07, 6.45) is 0.589. The van der Waals surface area contributed by atoms with E-state index < -0.39 is 0 Å². The van der Waals surface area contributed by atoms with Gasteiger partial charge in [-0.05, 0) is 5.92 Å². The number of hydrogen-bond donors (Lipinski definition) is 2. The maximum atomic E-state index is 12.4. The molecule has 1 fully saturated rings. The third-order valence-corrected chi connectivity index (χ3v) is 3.95. The summed E-state index contributed by atoms with van der Waals surface area (Å²) in [5.41, 5.74) is 0.365. The lowest BCUT2D eigenvalue weighted by molar-refractivity contribution is -0.132. The largest absolute Gasteiger partial charge is 0.396 e. The molecule has 0 spiro atoms. The number of aliphatic hydroxyl groups excluding tert-OH is 2. The summed E-state index contributed by atoms with van der Waals surface area (Å²) in [5, 5.41) is 23.4. The number of nitrogens with zero attached hydrogens (tertiary/aromatic N) is 3. The van der Waals surface area contributed by atoms with Crippen molar-refractivity contribution in [3.05, 3.63) is 0 Å². The average Bonchev–Trinajstić information content (AvgIpc) is 2.82. The van der Waals surface area contributed by atoms with Gasteiger partial charge in [-0.15, -0.1) is 0 Å². The quantitative estimate of drug-likeness (QED) is 0.695. The third kappa shape index (κ3) is 2.99. The molecule has 2 aliphatic heterocycles. The zero-order valence-corrected chi connectivity index (χ0v) is 11.7. The van der Waals surface area contributed by atoms with Gasteiger partial charge in [-0.25, -0.2) is 5.01 Å². The van der Waals surface area contributed by atoms with Crippen molar-refractivity contribution in [3.8, 4) is 0 Å². The van der Waals surface area contributed by atoms with Gasteiger partial charge in [0.05, 0.1) is 13.2 Å². The van der Waals surface area contributed by atoms with Gasteiger partial charge in [0.15, 0.2) is 0 Å². The number of aliphatic hydroxyl groups is 2. The lowest BCUT2D eigenvalue weighted by Crippen LogP contribution is -2.41. The van der Waals surface area contributed by atoms with E-state index in [1.807, 2.05) is 6.92 Å². The molecule has 0 radical (unpaired) electrons. The first-order valence-corrected chi connectivity index (χ1v) is 6.95. The van der Waals surface area contributed by atoms with Crippen molar-refractivity contribution in [3.63, 3.8) is 0 Å². The van der Waals surface area contributed by atoms with Gasteiger partial charge in [0.1, 0.15) is 5.71 Å². The van der Waals surface area contributed by atoms with Crippen LogP contribution < -0.4 is 0 Å². The minimum atomic E-state index is -0.177. The fourth-order valence-corrected chi connectivity index (χ4v) is 2.65. The Hall–Kier alpha value is -1.47. The van der Waals surface area contributed by atoms with Crippen LogP contribution in [-0.2, 0) is 9.59 Å². The molecule has 2 atom stereocenters. The standard InChI is InChI=1S/C13H21N3O4/c1-9-6-15(7-10(9)8-18)13(20)11-2-3-12(19)16(14-11)4-5-17/h9-10,17-18H,2-8H2,1H3/t9-,10+/m1/s1. The molecule has 0 aromatic carbocycles.